The van der Waals surface area contributed by atoms with Gasteiger partial charge in [0.25, 0.3) is 5.91 Å². The lowest BCUT2D eigenvalue weighted by Gasteiger charge is -2.35. The van der Waals surface area contributed by atoms with Gasteiger partial charge in [0.15, 0.2) is 5.69 Å². The first-order valence-corrected chi connectivity index (χ1v) is 9.60. The maximum absolute atomic E-state index is 13.8. The second-order valence-corrected chi connectivity index (χ2v) is 7.68. The molecule has 2 aliphatic rings. The standard InChI is InChI=1S/C20H23F3N4O/c1-13-4-6-15(7-5-13)27-18(20(21,22)23)17(12-24-27)19(28)25-14-8-10-26-9-2-3-16(26)11-14/h4-7,12,14,16H,2-3,8-11H2,1H3,(H,25,28)/t14-,16-/m1/s1. The Kier molecular flexibility index (Phi) is 4.91. The van der Waals surface area contributed by atoms with Crippen molar-refractivity contribution in [2.24, 2.45) is 0 Å². The smallest absolute Gasteiger partial charge is 0.349 e. The van der Waals surface area contributed by atoms with Gasteiger partial charge in [-0.15, -0.1) is 0 Å². The molecule has 1 aromatic carbocycles. The van der Waals surface area contributed by atoms with Gasteiger partial charge in [-0.25, -0.2) is 4.68 Å². The largest absolute Gasteiger partial charge is 0.434 e. The normalized spacial score (nSPS) is 22.9. The zero-order valence-electron chi connectivity index (χ0n) is 15.7. The molecule has 1 amide bonds. The second-order valence-electron chi connectivity index (χ2n) is 7.68. The summed E-state index contributed by atoms with van der Waals surface area (Å²) in [5.74, 6) is -0.706. The lowest BCUT2D eigenvalue weighted by atomic mass is 9.97. The Morgan fingerprint density at radius 1 is 1.18 bits per heavy atom. The predicted octanol–water partition coefficient (Wildman–Crippen LogP) is 3.56. The van der Waals surface area contributed by atoms with E-state index in [0.29, 0.717) is 6.04 Å². The van der Waals surface area contributed by atoms with Crippen LogP contribution < -0.4 is 5.32 Å². The van der Waals surface area contributed by atoms with Crippen molar-refractivity contribution in [3.05, 3.63) is 47.3 Å². The number of halogens is 3. The Morgan fingerprint density at radius 2 is 1.93 bits per heavy atom. The van der Waals surface area contributed by atoms with Crippen LogP contribution in [0.2, 0.25) is 0 Å². The molecule has 2 saturated heterocycles. The highest BCUT2D eigenvalue weighted by Gasteiger charge is 2.41. The van der Waals surface area contributed by atoms with E-state index >= 15 is 0 Å². The molecule has 1 aromatic heterocycles. The molecule has 28 heavy (non-hydrogen) atoms. The molecule has 0 saturated carbocycles. The van der Waals surface area contributed by atoms with Crippen molar-refractivity contribution in [3.8, 4) is 5.69 Å². The average molecular weight is 392 g/mol. The molecule has 0 spiro atoms. The quantitative estimate of drug-likeness (QED) is 0.869. The molecule has 2 aromatic rings. The molecule has 150 valence electrons. The Bertz CT molecular complexity index is 859. The maximum atomic E-state index is 13.8. The molecule has 2 fully saturated rings. The number of alkyl halides is 3. The van der Waals surface area contributed by atoms with Crippen LogP contribution in [0.5, 0.6) is 0 Å². The summed E-state index contributed by atoms with van der Waals surface area (Å²) >= 11 is 0. The van der Waals surface area contributed by atoms with Gasteiger partial charge in [-0.05, 0) is 51.3 Å². The first-order chi connectivity index (χ1) is 13.3. The van der Waals surface area contributed by atoms with Gasteiger partial charge in [0, 0.05) is 18.6 Å². The van der Waals surface area contributed by atoms with Gasteiger partial charge in [-0.2, -0.15) is 18.3 Å². The van der Waals surface area contributed by atoms with Crippen molar-refractivity contribution < 1.29 is 18.0 Å². The monoisotopic (exact) mass is 392 g/mol. The molecular formula is C20H23F3N4O. The van der Waals surface area contributed by atoms with E-state index in [2.05, 4.69) is 15.3 Å². The van der Waals surface area contributed by atoms with Crippen LogP contribution in [0.15, 0.2) is 30.5 Å². The fraction of sp³-hybridized carbons (Fsp3) is 0.500. The molecule has 0 bridgehead atoms. The van der Waals surface area contributed by atoms with Crippen LogP contribution in [0.4, 0.5) is 13.2 Å². The first-order valence-electron chi connectivity index (χ1n) is 9.60. The molecule has 0 radical (unpaired) electrons. The number of piperidine rings is 1. The van der Waals surface area contributed by atoms with Crippen LogP contribution in [0.3, 0.4) is 0 Å². The summed E-state index contributed by atoms with van der Waals surface area (Å²) in [5, 5.41) is 6.69. The second kappa shape index (κ2) is 7.24. The van der Waals surface area contributed by atoms with Crippen LogP contribution in [0.1, 0.15) is 47.3 Å². The van der Waals surface area contributed by atoms with Crippen LogP contribution in [-0.2, 0) is 6.18 Å². The number of amides is 1. The van der Waals surface area contributed by atoms with Gasteiger partial charge in [-0.1, -0.05) is 17.7 Å². The van der Waals surface area contributed by atoms with Crippen molar-refractivity contribution in [2.75, 3.05) is 13.1 Å². The average Bonchev–Trinajstić information content (AvgIpc) is 3.28. The Balaban J connectivity index is 1.58. The van der Waals surface area contributed by atoms with Gasteiger partial charge in [-0.3, -0.25) is 4.79 Å². The lowest BCUT2D eigenvalue weighted by molar-refractivity contribution is -0.143. The van der Waals surface area contributed by atoms with Crippen LogP contribution in [0.25, 0.3) is 5.69 Å². The number of aromatic nitrogens is 2. The number of fused-ring (bicyclic) bond motifs is 1. The number of rotatable bonds is 3. The maximum Gasteiger partial charge on any atom is 0.434 e. The van der Waals surface area contributed by atoms with E-state index in [1.165, 1.54) is 0 Å². The zero-order chi connectivity index (χ0) is 19.9. The minimum atomic E-state index is -4.69. The van der Waals surface area contributed by atoms with E-state index < -0.39 is 23.3 Å². The highest BCUT2D eigenvalue weighted by atomic mass is 19.4. The van der Waals surface area contributed by atoms with Crippen molar-refractivity contribution in [2.45, 2.75) is 50.9 Å². The van der Waals surface area contributed by atoms with E-state index in [1.54, 1.807) is 24.3 Å². The van der Waals surface area contributed by atoms with Crippen molar-refractivity contribution in [3.63, 3.8) is 0 Å². The summed E-state index contributed by atoms with van der Waals surface area (Å²) in [7, 11) is 0. The molecule has 0 unspecified atom stereocenters. The third kappa shape index (κ3) is 3.65. The van der Waals surface area contributed by atoms with E-state index in [-0.39, 0.29) is 11.7 Å². The molecular weight excluding hydrogens is 369 g/mol. The summed E-state index contributed by atoms with van der Waals surface area (Å²) in [6, 6.07) is 6.88. The van der Waals surface area contributed by atoms with Gasteiger partial charge in [0.2, 0.25) is 0 Å². The van der Waals surface area contributed by atoms with E-state index in [0.717, 1.165) is 55.2 Å². The molecule has 2 aliphatic heterocycles. The predicted molar refractivity (Wildman–Crippen MR) is 98.4 cm³/mol. The molecule has 1 N–H and O–H groups in total. The van der Waals surface area contributed by atoms with E-state index in [4.69, 9.17) is 0 Å². The number of nitrogens with one attached hydrogen (secondary N) is 1. The lowest BCUT2D eigenvalue weighted by Crippen LogP contribution is -2.47. The highest BCUT2D eigenvalue weighted by Crippen LogP contribution is 2.34. The number of carbonyl (C=O) groups is 1. The fourth-order valence-electron chi connectivity index (χ4n) is 4.29. The third-order valence-corrected chi connectivity index (χ3v) is 5.72. The van der Waals surface area contributed by atoms with Gasteiger partial charge < -0.3 is 10.2 Å². The molecule has 8 heteroatoms. The van der Waals surface area contributed by atoms with Crippen molar-refractivity contribution in [1.82, 2.24) is 20.0 Å². The SMILES string of the molecule is Cc1ccc(-n2ncc(C(=O)N[C@@H]3CCN4CCC[C@@H]4C3)c2C(F)(F)F)cc1. The topological polar surface area (TPSA) is 50.2 Å². The summed E-state index contributed by atoms with van der Waals surface area (Å²) in [5.41, 5.74) is -0.258. The van der Waals surface area contributed by atoms with Crippen LogP contribution in [0, 0.1) is 6.92 Å². The first kappa shape index (κ1) is 19.0. The van der Waals surface area contributed by atoms with Gasteiger partial charge >= 0.3 is 6.18 Å². The van der Waals surface area contributed by atoms with Crippen LogP contribution in [-0.4, -0.2) is 45.8 Å². The number of hydrogen-bond acceptors (Lipinski definition) is 3. The molecule has 0 aliphatic carbocycles. The van der Waals surface area contributed by atoms with Gasteiger partial charge in [0.1, 0.15) is 0 Å². The van der Waals surface area contributed by atoms with Crippen molar-refractivity contribution in [1.29, 1.82) is 0 Å². The fourth-order valence-corrected chi connectivity index (χ4v) is 4.29. The Hall–Kier alpha value is -2.35. The Labute approximate surface area is 161 Å². The minimum Gasteiger partial charge on any atom is -0.349 e. The van der Waals surface area contributed by atoms with Crippen LogP contribution >= 0.6 is 0 Å². The minimum absolute atomic E-state index is 0.101. The summed E-state index contributed by atoms with van der Waals surface area (Å²) < 4.78 is 42.1. The van der Waals surface area contributed by atoms with E-state index in [1.807, 2.05) is 6.92 Å². The number of carbonyl (C=O) groups excluding carboxylic acids is 1. The molecule has 5 nitrogen and oxygen atoms in total. The number of aryl methyl sites for hydroxylation is 1. The van der Waals surface area contributed by atoms with Gasteiger partial charge in [0.05, 0.1) is 17.4 Å². The molecule has 4 rings (SSSR count). The number of benzene rings is 1. The third-order valence-electron chi connectivity index (χ3n) is 5.72. The summed E-state index contributed by atoms with van der Waals surface area (Å²) in [6.45, 7) is 3.81. The molecule has 2 atom stereocenters. The summed E-state index contributed by atoms with van der Waals surface area (Å²) in [6.07, 6.45) is 0.110. The number of hydrogen-bond donors (Lipinski definition) is 1. The Morgan fingerprint density at radius 3 is 2.64 bits per heavy atom. The summed E-state index contributed by atoms with van der Waals surface area (Å²) in [4.78, 5) is 15.1. The number of nitrogens with zero attached hydrogens (tertiary/aromatic N) is 3. The zero-order valence-corrected chi connectivity index (χ0v) is 15.7. The highest BCUT2D eigenvalue weighted by molar-refractivity contribution is 5.95. The van der Waals surface area contributed by atoms with E-state index in [9.17, 15) is 18.0 Å². The van der Waals surface area contributed by atoms with Crippen molar-refractivity contribution >= 4 is 5.91 Å². The molecule has 3 heterocycles.